The fraction of sp³-hybridized carbons (Fsp3) is 0.222. The molecule has 1 aliphatic heterocycles. The summed E-state index contributed by atoms with van der Waals surface area (Å²) < 4.78 is 17.1. The van der Waals surface area contributed by atoms with E-state index < -0.39 is 5.97 Å². The molecule has 1 fully saturated rings. The minimum Gasteiger partial charge on any atom is -0.492 e. The minimum absolute atomic E-state index is 0.0806. The summed E-state index contributed by atoms with van der Waals surface area (Å²) in [5.41, 5.74) is 2.08. The molecule has 1 amide bonds. The molecule has 4 aromatic rings. The lowest BCUT2D eigenvalue weighted by molar-refractivity contribution is 0.0618. The Morgan fingerprint density at radius 3 is 2.22 bits per heavy atom. The van der Waals surface area contributed by atoms with Crippen LogP contribution in [0.15, 0.2) is 77.2 Å². The zero-order valence-corrected chi connectivity index (χ0v) is 19.5. The van der Waals surface area contributed by atoms with Gasteiger partial charge in [-0.1, -0.05) is 12.1 Å². The van der Waals surface area contributed by atoms with Crippen molar-refractivity contribution in [3.8, 4) is 17.6 Å². The first kappa shape index (κ1) is 23.4. The number of rotatable bonds is 8. The fourth-order valence-electron chi connectivity index (χ4n) is 4.00. The predicted molar refractivity (Wildman–Crippen MR) is 132 cm³/mol. The number of aromatic carboxylic acids is 1. The molecule has 1 N–H and O–H groups in total. The molecule has 2 heterocycles. The number of ether oxygens (including phenoxy) is 2. The van der Waals surface area contributed by atoms with Gasteiger partial charge in [-0.3, -0.25) is 9.69 Å². The van der Waals surface area contributed by atoms with Crippen molar-refractivity contribution < 1.29 is 28.6 Å². The van der Waals surface area contributed by atoms with Crippen LogP contribution in [0.2, 0.25) is 0 Å². The van der Waals surface area contributed by atoms with Gasteiger partial charge in [-0.05, 0) is 60.7 Å². The van der Waals surface area contributed by atoms with Crippen LogP contribution in [0.5, 0.6) is 17.6 Å². The lowest BCUT2D eigenvalue weighted by Gasteiger charge is -2.34. The van der Waals surface area contributed by atoms with Gasteiger partial charge >= 0.3 is 12.0 Å². The van der Waals surface area contributed by atoms with Crippen molar-refractivity contribution >= 4 is 23.0 Å². The van der Waals surface area contributed by atoms with Gasteiger partial charge in [0.15, 0.2) is 5.58 Å². The van der Waals surface area contributed by atoms with Crippen LogP contribution >= 0.6 is 0 Å². The molecule has 0 spiro atoms. The van der Waals surface area contributed by atoms with E-state index in [-0.39, 0.29) is 17.5 Å². The van der Waals surface area contributed by atoms with Crippen molar-refractivity contribution in [1.82, 2.24) is 14.8 Å². The summed E-state index contributed by atoms with van der Waals surface area (Å²) in [5, 5.41) is 9.00. The summed E-state index contributed by atoms with van der Waals surface area (Å²) in [5.74, 6) is 0.253. The van der Waals surface area contributed by atoms with Crippen LogP contribution in [0.4, 0.5) is 0 Å². The van der Waals surface area contributed by atoms with Crippen molar-refractivity contribution in [3.63, 3.8) is 0 Å². The van der Waals surface area contributed by atoms with Crippen LogP contribution < -0.4 is 9.47 Å². The first-order valence-electron chi connectivity index (χ1n) is 11.7. The number of oxazole rings is 1. The molecule has 0 atom stereocenters. The molecular weight excluding hydrogens is 462 g/mol. The summed E-state index contributed by atoms with van der Waals surface area (Å²) in [6.07, 6.45) is 0.194. The summed E-state index contributed by atoms with van der Waals surface area (Å²) in [6.45, 7) is 3.99. The van der Waals surface area contributed by atoms with Gasteiger partial charge < -0.3 is 23.9 Å². The lowest BCUT2D eigenvalue weighted by atomic mass is 10.1. The highest BCUT2D eigenvalue weighted by Crippen LogP contribution is 2.26. The van der Waals surface area contributed by atoms with Gasteiger partial charge in [-0.2, -0.15) is 4.98 Å². The lowest BCUT2D eigenvalue weighted by Crippen LogP contribution is -2.49. The molecule has 0 radical (unpaired) electrons. The van der Waals surface area contributed by atoms with E-state index in [0.29, 0.717) is 36.6 Å². The molecule has 36 heavy (non-hydrogen) atoms. The Morgan fingerprint density at radius 1 is 0.861 bits per heavy atom. The van der Waals surface area contributed by atoms with Gasteiger partial charge in [0.25, 0.3) is 5.91 Å². The molecule has 1 saturated heterocycles. The number of hydrogen-bond donors (Lipinski definition) is 1. The average molecular weight is 488 g/mol. The molecule has 0 unspecified atom stereocenters. The predicted octanol–water partition coefficient (Wildman–Crippen LogP) is 4.16. The van der Waals surface area contributed by atoms with Gasteiger partial charge in [0.2, 0.25) is 0 Å². The molecule has 0 bridgehead atoms. The molecule has 184 valence electrons. The molecule has 0 aliphatic carbocycles. The smallest absolute Gasteiger partial charge is 0.400 e. The Hall–Kier alpha value is -4.37. The van der Waals surface area contributed by atoms with E-state index in [4.69, 9.17) is 19.0 Å². The second kappa shape index (κ2) is 10.5. The number of piperazine rings is 1. The summed E-state index contributed by atoms with van der Waals surface area (Å²) in [7, 11) is 0. The minimum atomic E-state index is -1.01. The third-order valence-corrected chi connectivity index (χ3v) is 6.02. The molecule has 5 rings (SSSR count). The Bertz CT molecular complexity index is 1310. The monoisotopic (exact) mass is 487 g/mol. The van der Waals surface area contributed by atoms with Crippen molar-refractivity contribution in [3.05, 3.63) is 83.9 Å². The normalized spacial score (nSPS) is 14.1. The summed E-state index contributed by atoms with van der Waals surface area (Å²) in [6, 6.07) is 20.8. The molecule has 3 aromatic carbocycles. The van der Waals surface area contributed by atoms with E-state index in [1.165, 1.54) is 12.1 Å². The van der Waals surface area contributed by atoms with Crippen LogP contribution in [0, 0.1) is 0 Å². The van der Waals surface area contributed by atoms with E-state index in [9.17, 15) is 9.59 Å². The number of aromatic nitrogens is 1. The number of benzene rings is 3. The maximum absolute atomic E-state index is 12.7. The van der Waals surface area contributed by atoms with Gasteiger partial charge in [0.05, 0.1) is 5.56 Å². The summed E-state index contributed by atoms with van der Waals surface area (Å²) in [4.78, 5) is 32.0. The average Bonchev–Trinajstić information content (AvgIpc) is 3.32. The standard InChI is InChI=1S/C27H25N3O6/c31-25(19-5-7-20(8-6-19)26(32)33)30-15-13-29(14-16-30)17-18-34-21-9-11-22(12-10-21)35-27-28-23-3-1-2-4-24(23)36-27/h1-12H,13-18H2,(H,32,33). The number of carbonyl (C=O) groups excluding carboxylic acids is 1. The van der Waals surface area contributed by atoms with E-state index >= 15 is 0 Å². The Kier molecular flexibility index (Phi) is 6.81. The van der Waals surface area contributed by atoms with Crippen molar-refractivity contribution in [2.75, 3.05) is 39.3 Å². The number of carbonyl (C=O) groups is 2. The topological polar surface area (TPSA) is 105 Å². The van der Waals surface area contributed by atoms with Gasteiger partial charge in [-0.15, -0.1) is 0 Å². The number of fused-ring (bicyclic) bond motifs is 1. The number of carboxylic acids is 1. The highest BCUT2D eigenvalue weighted by atomic mass is 16.6. The number of carboxylic acid groups (broad SMARTS) is 1. The third-order valence-electron chi connectivity index (χ3n) is 6.02. The number of hydrogen-bond acceptors (Lipinski definition) is 7. The quantitative estimate of drug-likeness (QED) is 0.395. The zero-order valence-electron chi connectivity index (χ0n) is 19.5. The van der Waals surface area contributed by atoms with Gasteiger partial charge in [0.1, 0.15) is 23.6 Å². The Labute approximate surface area is 207 Å². The molecule has 1 aromatic heterocycles. The van der Waals surface area contributed by atoms with E-state index in [0.717, 1.165) is 30.9 Å². The van der Waals surface area contributed by atoms with Gasteiger partial charge in [-0.25, -0.2) is 4.79 Å². The number of amides is 1. The highest BCUT2D eigenvalue weighted by molar-refractivity contribution is 5.96. The van der Waals surface area contributed by atoms with E-state index in [1.807, 2.05) is 36.4 Å². The van der Waals surface area contributed by atoms with Crippen LogP contribution in [0.25, 0.3) is 11.1 Å². The largest absolute Gasteiger partial charge is 0.492 e. The van der Waals surface area contributed by atoms with Crippen LogP contribution in [-0.4, -0.2) is 71.1 Å². The highest BCUT2D eigenvalue weighted by Gasteiger charge is 2.22. The Balaban J connectivity index is 1.05. The van der Waals surface area contributed by atoms with Crippen LogP contribution in [-0.2, 0) is 0 Å². The first-order chi connectivity index (χ1) is 17.5. The molecule has 0 saturated carbocycles. The SMILES string of the molecule is O=C(O)c1ccc(C(=O)N2CCN(CCOc3ccc(Oc4nc5ccccc5o4)cc3)CC2)cc1. The molecule has 9 heteroatoms. The maximum Gasteiger partial charge on any atom is 0.400 e. The van der Waals surface area contributed by atoms with E-state index in [2.05, 4.69) is 9.88 Å². The zero-order chi connectivity index (χ0) is 24.9. The van der Waals surface area contributed by atoms with Gasteiger partial charge in [0, 0.05) is 38.3 Å². The third kappa shape index (κ3) is 5.47. The number of para-hydroxylation sites is 2. The van der Waals surface area contributed by atoms with Crippen molar-refractivity contribution in [1.29, 1.82) is 0 Å². The molecule has 9 nitrogen and oxygen atoms in total. The Morgan fingerprint density at radius 2 is 1.53 bits per heavy atom. The second-order valence-corrected chi connectivity index (χ2v) is 8.39. The maximum atomic E-state index is 12.7. The summed E-state index contributed by atoms with van der Waals surface area (Å²) >= 11 is 0. The first-order valence-corrected chi connectivity index (χ1v) is 11.7. The fourth-order valence-corrected chi connectivity index (χ4v) is 4.00. The number of nitrogens with zero attached hydrogens (tertiary/aromatic N) is 3. The second-order valence-electron chi connectivity index (χ2n) is 8.39. The van der Waals surface area contributed by atoms with Crippen molar-refractivity contribution in [2.45, 2.75) is 0 Å². The molecule has 1 aliphatic rings. The van der Waals surface area contributed by atoms with Crippen molar-refractivity contribution in [2.24, 2.45) is 0 Å². The molecular formula is C27H25N3O6. The van der Waals surface area contributed by atoms with Crippen LogP contribution in [0.1, 0.15) is 20.7 Å². The van der Waals surface area contributed by atoms with Crippen LogP contribution in [0.3, 0.4) is 0 Å². The van der Waals surface area contributed by atoms with E-state index in [1.54, 1.807) is 29.2 Å².